The fourth-order valence-corrected chi connectivity index (χ4v) is 2.40. The van der Waals surface area contributed by atoms with Crippen LogP contribution in [-0.2, 0) is 11.3 Å². The van der Waals surface area contributed by atoms with Gasteiger partial charge in [0.1, 0.15) is 0 Å². The molecule has 1 aromatic carbocycles. The van der Waals surface area contributed by atoms with Gasteiger partial charge in [-0.1, -0.05) is 11.6 Å². The third kappa shape index (κ3) is 2.35. The number of aromatic amines is 1. The van der Waals surface area contributed by atoms with Crippen LogP contribution in [0.15, 0.2) is 24.3 Å². The van der Waals surface area contributed by atoms with E-state index in [-0.39, 0.29) is 0 Å². The molecule has 3 rings (SSSR count). The molecule has 90 valence electrons. The predicted molar refractivity (Wildman–Crippen MR) is 69.1 cm³/mol. The number of nitrogens with one attached hydrogen (secondary N) is 1. The topological polar surface area (TPSA) is 28.3 Å². The Morgan fingerprint density at radius 1 is 1.24 bits per heavy atom. The van der Waals surface area contributed by atoms with E-state index in [0.717, 1.165) is 32.8 Å². The molecule has 0 amide bonds. The molecule has 0 atom stereocenters. The van der Waals surface area contributed by atoms with Crippen LogP contribution in [-0.4, -0.2) is 36.2 Å². The molecule has 0 spiro atoms. The fourth-order valence-electron chi connectivity index (χ4n) is 2.40. The third-order valence-electron chi connectivity index (χ3n) is 3.33. The van der Waals surface area contributed by atoms with Crippen LogP contribution in [0, 0.1) is 6.92 Å². The monoisotopic (exact) mass is 230 g/mol. The van der Waals surface area contributed by atoms with Crippen molar-refractivity contribution >= 4 is 10.9 Å². The maximum atomic E-state index is 5.36. The van der Waals surface area contributed by atoms with Crippen molar-refractivity contribution in [2.45, 2.75) is 13.5 Å². The minimum atomic E-state index is 0.860. The fraction of sp³-hybridized carbons (Fsp3) is 0.429. The predicted octanol–water partition coefficient (Wildman–Crippen LogP) is 2.31. The minimum absolute atomic E-state index is 0.860. The zero-order valence-corrected chi connectivity index (χ0v) is 10.2. The summed E-state index contributed by atoms with van der Waals surface area (Å²) in [5.41, 5.74) is 3.85. The first-order valence-corrected chi connectivity index (χ1v) is 6.19. The summed E-state index contributed by atoms with van der Waals surface area (Å²) >= 11 is 0. The van der Waals surface area contributed by atoms with E-state index in [1.165, 1.54) is 22.2 Å². The number of H-pyrrole nitrogens is 1. The van der Waals surface area contributed by atoms with Crippen molar-refractivity contribution in [3.8, 4) is 0 Å². The van der Waals surface area contributed by atoms with Crippen molar-refractivity contribution in [1.82, 2.24) is 9.88 Å². The Morgan fingerprint density at radius 3 is 2.88 bits per heavy atom. The lowest BCUT2D eigenvalue weighted by Gasteiger charge is -2.25. The van der Waals surface area contributed by atoms with Crippen LogP contribution in [0.2, 0.25) is 0 Å². The minimum Gasteiger partial charge on any atom is -0.379 e. The maximum absolute atomic E-state index is 5.36. The molecule has 1 aliphatic heterocycles. The van der Waals surface area contributed by atoms with E-state index < -0.39 is 0 Å². The highest BCUT2D eigenvalue weighted by Gasteiger charge is 2.11. The van der Waals surface area contributed by atoms with Crippen molar-refractivity contribution in [3.05, 3.63) is 35.5 Å². The van der Waals surface area contributed by atoms with E-state index in [4.69, 9.17) is 4.74 Å². The second-order valence-electron chi connectivity index (χ2n) is 4.77. The Morgan fingerprint density at radius 2 is 2.06 bits per heavy atom. The maximum Gasteiger partial charge on any atom is 0.0594 e. The lowest BCUT2D eigenvalue weighted by Crippen LogP contribution is -2.35. The van der Waals surface area contributed by atoms with Gasteiger partial charge in [0.25, 0.3) is 0 Å². The number of benzene rings is 1. The van der Waals surface area contributed by atoms with Gasteiger partial charge >= 0.3 is 0 Å². The molecule has 1 fully saturated rings. The Kier molecular flexibility index (Phi) is 2.87. The molecular formula is C14H18N2O. The van der Waals surface area contributed by atoms with Gasteiger partial charge in [0.05, 0.1) is 13.2 Å². The molecule has 1 aliphatic rings. The molecule has 0 aliphatic carbocycles. The number of aryl methyl sites for hydroxylation is 1. The quantitative estimate of drug-likeness (QED) is 0.857. The Labute approximate surface area is 101 Å². The highest BCUT2D eigenvalue weighted by atomic mass is 16.5. The number of rotatable bonds is 2. The molecule has 0 bridgehead atoms. The van der Waals surface area contributed by atoms with E-state index in [1.807, 2.05) is 0 Å². The summed E-state index contributed by atoms with van der Waals surface area (Å²) in [4.78, 5) is 5.92. The van der Waals surface area contributed by atoms with E-state index in [9.17, 15) is 0 Å². The van der Waals surface area contributed by atoms with E-state index >= 15 is 0 Å². The Hall–Kier alpha value is -1.32. The van der Waals surface area contributed by atoms with Gasteiger partial charge in [0.2, 0.25) is 0 Å². The van der Waals surface area contributed by atoms with Gasteiger partial charge in [0.15, 0.2) is 0 Å². The van der Waals surface area contributed by atoms with Gasteiger partial charge in [0, 0.05) is 30.8 Å². The third-order valence-corrected chi connectivity index (χ3v) is 3.33. The number of ether oxygens (including phenoxy) is 1. The molecule has 0 radical (unpaired) electrons. The molecule has 17 heavy (non-hydrogen) atoms. The number of nitrogens with zero attached hydrogens (tertiary/aromatic N) is 1. The molecule has 3 heteroatoms. The van der Waals surface area contributed by atoms with Crippen molar-refractivity contribution in [2.75, 3.05) is 26.3 Å². The average Bonchev–Trinajstić information content (AvgIpc) is 2.71. The first-order valence-electron chi connectivity index (χ1n) is 6.19. The van der Waals surface area contributed by atoms with Crippen LogP contribution in [0.5, 0.6) is 0 Å². The normalized spacial score (nSPS) is 17.7. The van der Waals surface area contributed by atoms with Crippen molar-refractivity contribution in [3.63, 3.8) is 0 Å². The summed E-state index contributed by atoms with van der Waals surface area (Å²) in [6.07, 6.45) is 0. The van der Waals surface area contributed by atoms with Crippen LogP contribution in [0.1, 0.15) is 11.3 Å². The van der Waals surface area contributed by atoms with Crippen LogP contribution >= 0.6 is 0 Å². The summed E-state index contributed by atoms with van der Waals surface area (Å²) in [6, 6.07) is 8.80. The first-order chi connectivity index (χ1) is 8.31. The zero-order chi connectivity index (χ0) is 11.7. The van der Waals surface area contributed by atoms with Crippen LogP contribution < -0.4 is 0 Å². The van der Waals surface area contributed by atoms with E-state index in [2.05, 4.69) is 41.1 Å². The molecular weight excluding hydrogens is 212 g/mol. The zero-order valence-electron chi connectivity index (χ0n) is 10.2. The second kappa shape index (κ2) is 4.51. The van der Waals surface area contributed by atoms with Gasteiger partial charge in [-0.25, -0.2) is 0 Å². The van der Waals surface area contributed by atoms with Gasteiger partial charge in [-0.2, -0.15) is 0 Å². The summed E-state index contributed by atoms with van der Waals surface area (Å²) < 4.78 is 5.36. The highest BCUT2D eigenvalue weighted by molar-refractivity contribution is 5.81. The van der Waals surface area contributed by atoms with Crippen LogP contribution in [0.25, 0.3) is 10.9 Å². The van der Waals surface area contributed by atoms with Crippen LogP contribution in [0.4, 0.5) is 0 Å². The summed E-state index contributed by atoms with van der Waals surface area (Å²) in [6.45, 7) is 6.92. The van der Waals surface area contributed by atoms with E-state index in [1.54, 1.807) is 0 Å². The number of hydrogen-bond acceptors (Lipinski definition) is 2. The largest absolute Gasteiger partial charge is 0.379 e. The lowest BCUT2D eigenvalue weighted by atomic mass is 10.2. The van der Waals surface area contributed by atoms with Gasteiger partial charge in [-0.3, -0.25) is 4.90 Å². The lowest BCUT2D eigenvalue weighted by molar-refractivity contribution is 0.0337. The number of fused-ring (bicyclic) bond motifs is 1. The highest BCUT2D eigenvalue weighted by Crippen LogP contribution is 2.18. The van der Waals surface area contributed by atoms with Gasteiger partial charge < -0.3 is 9.72 Å². The molecule has 1 aromatic heterocycles. The molecule has 3 nitrogen and oxygen atoms in total. The van der Waals surface area contributed by atoms with Crippen molar-refractivity contribution in [1.29, 1.82) is 0 Å². The standard InChI is InChI=1S/C14H18N2O/c1-11-2-3-14-12(8-11)9-13(15-14)10-16-4-6-17-7-5-16/h2-3,8-9,15H,4-7,10H2,1H3. The van der Waals surface area contributed by atoms with Gasteiger partial charge in [-0.05, 0) is 30.5 Å². The summed E-state index contributed by atoms with van der Waals surface area (Å²) in [5, 5.41) is 1.31. The van der Waals surface area contributed by atoms with Gasteiger partial charge in [-0.15, -0.1) is 0 Å². The number of aromatic nitrogens is 1. The summed E-state index contributed by atoms with van der Waals surface area (Å²) in [7, 11) is 0. The molecule has 0 saturated carbocycles. The van der Waals surface area contributed by atoms with Crippen LogP contribution in [0.3, 0.4) is 0 Å². The molecule has 1 N–H and O–H groups in total. The Balaban J connectivity index is 1.80. The molecule has 2 heterocycles. The van der Waals surface area contributed by atoms with E-state index in [0.29, 0.717) is 0 Å². The number of hydrogen-bond donors (Lipinski definition) is 1. The smallest absolute Gasteiger partial charge is 0.0594 e. The van der Waals surface area contributed by atoms with Crippen molar-refractivity contribution in [2.24, 2.45) is 0 Å². The average molecular weight is 230 g/mol. The van der Waals surface area contributed by atoms with Crippen molar-refractivity contribution < 1.29 is 4.74 Å². The number of morpholine rings is 1. The summed E-state index contributed by atoms with van der Waals surface area (Å²) in [5.74, 6) is 0. The Bertz CT molecular complexity index is 512. The molecule has 1 saturated heterocycles. The molecule has 2 aromatic rings. The second-order valence-corrected chi connectivity index (χ2v) is 4.77. The molecule has 0 unspecified atom stereocenters. The SMILES string of the molecule is Cc1ccc2[nH]c(CN3CCOCC3)cc2c1. The first kappa shape index (κ1) is 10.8.